The van der Waals surface area contributed by atoms with E-state index in [9.17, 15) is 9.59 Å². The highest BCUT2D eigenvalue weighted by molar-refractivity contribution is 7.16. The Morgan fingerprint density at radius 3 is 2.79 bits per heavy atom. The number of rotatable bonds is 5. The van der Waals surface area contributed by atoms with E-state index in [1.165, 1.54) is 15.9 Å². The molecule has 0 aliphatic rings. The van der Waals surface area contributed by atoms with Crippen LogP contribution in [0, 0.1) is 13.8 Å². The van der Waals surface area contributed by atoms with E-state index in [0.29, 0.717) is 17.8 Å². The van der Waals surface area contributed by atoms with Gasteiger partial charge in [0.25, 0.3) is 11.5 Å². The molecule has 0 saturated heterocycles. The summed E-state index contributed by atoms with van der Waals surface area (Å²) in [6.45, 7) is 4.20. The number of aromatic nitrogens is 4. The molecule has 4 rings (SSSR count). The summed E-state index contributed by atoms with van der Waals surface area (Å²) in [7, 11) is 0. The number of nitrogens with one attached hydrogen (secondary N) is 1. The Balaban J connectivity index is 1.57. The predicted octanol–water partition coefficient (Wildman–Crippen LogP) is 2.84. The molecule has 146 valence electrons. The average Bonchev–Trinajstić information content (AvgIpc) is 3.20. The maximum absolute atomic E-state index is 12.9. The third-order valence-corrected chi connectivity index (χ3v) is 5.56. The summed E-state index contributed by atoms with van der Waals surface area (Å²) in [6, 6.07) is 7.56. The smallest absolute Gasteiger partial charge is 0.264 e. The lowest BCUT2D eigenvalue weighted by Gasteiger charge is -2.11. The van der Waals surface area contributed by atoms with Crippen LogP contribution in [-0.4, -0.2) is 25.4 Å². The van der Waals surface area contributed by atoms with E-state index >= 15 is 0 Å². The fourth-order valence-corrected chi connectivity index (χ4v) is 3.89. The van der Waals surface area contributed by atoms with Crippen molar-refractivity contribution in [2.24, 2.45) is 0 Å². The molecular formula is C21H19N5O2S. The fraction of sp³-hybridized carbons (Fsp3) is 0.190. The molecule has 0 unspecified atom stereocenters. The molecule has 0 spiro atoms. The number of amides is 1. The summed E-state index contributed by atoms with van der Waals surface area (Å²) in [4.78, 5) is 38.5. The molecule has 1 N–H and O–H groups in total. The third-order valence-electron chi connectivity index (χ3n) is 4.64. The van der Waals surface area contributed by atoms with E-state index < -0.39 is 5.91 Å². The van der Waals surface area contributed by atoms with Gasteiger partial charge in [0.1, 0.15) is 5.56 Å². The molecule has 0 aliphatic heterocycles. The molecule has 0 saturated carbocycles. The number of thiazole rings is 1. The van der Waals surface area contributed by atoms with E-state index in [4.69, 9.17) is 0 Å². The Morgan fingerprint density at radius 2 is 2.00 bits per heavy atom. The Bertz CT molecular complexity index is 1240. The largest absolute Gasteiger partial charge is 0.348 e. The monoisotopic (exact) mass is 405 g/mol. The maximum Gasteiger partial charge on any atom is 0.264 e. The van der Waals surface area contributed by atoms with Crippen molar-refractivity contribution >= 4 is 27.5 Å². The standard InChI is InChI=1S/C21H19N5O2S/c1-13-6-7-26(11-16-10-22-14(2)8-23-16)21(28)18(13)20(27)24-9-15-4-3-5-17-19(15)29-12-25-17/h3-8,10,12H,9,11H2,1-2H3,(H,24,27). The van der Waals surface area contributed by atoms with E-state index in [0.717, 1.165) is 21.5 Å². The topological polar surface area (TPSA) is 89.8 Å². The number of aryl methyl sites for hydroxylation is 2. The van der Waals surface area contributed by atoms with Crippen LogP contribution >= 0.6 is 11.3 Å². The van der Waals surface area contributed by atoms with Crippen LogP contribution in [0.1, 0.15) is 32.9 Å². The van der Waals surface area contributed by atoms with Crippen LogP contribution in [0.2, 0.25) is 0 Å². The Morgan fingerprint density at radius 1 is 1.14 bits per heavy atom. The van der Waals surface area contributed by atoms with Crippen LogP contribution in [0.25, 0.3) is 10.2 Å². The van der Waals surface area contributed by atoms with Gasteiger partial charge in [-0.05, 0) is 37.1 Å². The first-order chi connectivity index (χ1) is 14.0. The number of fused-ring (bicyclic) bond motifs is 1. The lowest BCUT2D eigenvalue weighted by molar-refractivity contribution is 0.0948. The molecular weight excluding hydrogens is 386 g/mol. The van der Waals surface area contributed by atoms with Crippen molar-refractivity contribution in [1.82, 2.24) is 24.8 Å². The zero-order valence-electron chi connectivity index (χ0n) is 16.0. The maximum atomic E-state index is 12.9. The molecule has 8 heteroatoms. The lowest BCUT2D eigenvalue weighted by atomic mass is 10.1. The zero-order valence-corrected chi connectivity index (χ0v) is 16.9. The fourth-order valence-electron chi connectivity index (χ4n) is 3.09. The highest BCUT2D eigenvalue weighted by Crippen LogP contribution is 2.22. The van der Waals surface area contributed by atoms with Crippen LogP contribution in [0.3, 0.4) is 0 Å². The summed E-state index contributed by atoms with van der Waals surface area (Å²) >= 11 is 1.53. The molecule has 1 amide bonds. The molecule has 0 aliphatic carbocycles. The van der Waals surface area contributed by atoms with Gasteiger partial charge in [-0.15, -0.1) is 11.3 Å². The van der Waals surface area contributed by atoms with Crippen molar-refractivity contribution in [2.75, 3.05) is 0 Å². The van der Waals surface area contributed by atoms with Crippen LogP contribution in [0.5, 0.6) is 0 Å². The summed E-state index contributed by atoms with van der Waals surface area (Å²) in [5, 5.41) is 2.88. The number of hydrogen-bond acceptors (Lipinski definition) is 6. The van der Waals surface area contributed by atoms with Gasteiger partial charge in [-0.3, -0.25) is 19.6 Å². The molecule has 4 aromatic rings. The molecule has 1 aromatic carbocycles. The van der Waals surface area contributed by atoms with Crippen molar-refractivity contribution < 1.29 is 4.79 Å². The lowest BCUT2D eigenvalue weighted by Crippen LogP contribution is -2.34. The van der Waals surface area contributed by atoms with Crippen LogP contribution in [0.4, 0.5) is 0 Å². The van der Waals surface area contributed by atoms with Crippen molar-refractivity contribution in [1.29, 1.82) is 0 Å². The van der Waals surface area contributed by atoms with Gasteiger partial charge < -0.3 is 9.88 Å². The van der Waals surface area contributed by atoms with Gasteiger partial charge in [0, 0.05) is 18.9 Å². The SMILES string of the molecule is Cc1cnc(Cn2ccc(C)c(C(=O)NCc3cccc4ncsc34)c2=O)cn1. The number of hydrogen-bond donors (Lipinski definition) is 1. The molecule has 0 fully saturated rings. The van der Waals surface area contributed by atoms with Crippen molar-refractivity contribution in [3.63, 3.8) is 0 Å². The molecule has 29 heavy (non-hydrogen) atoms. The van der Waals surface area contributed by atoms with E-state index in [1.54, 1.807) is 37.1 Å². The van der Waals surface area contributed by atoms with Crippen molar-refractivity contribution in [2.45, 2.75) is 26.9 Å². The van der Waals surface area contributed by atoms with Gasteiger partial charge in [-0.1, -0.05) is 12.1 Å². The van der Waals surface area contributed by atoms with Gasteiger partial charge in [0.2, 0.25) is 0 Å². The van der Waals surface area contributed by atoms with Crippen LogP contribution < -0.4 is 10.9 Å². The first-order valence-electron chi connectivity index (χ1n) is 9.10. The van der Waals surface area contributed by atoms with Crippen molar-refractivity contribution in [3.8, 4) is 0 Å². The summed E-state index contributed by atoms with van der Waals surface area (Å²) in [5.74, 6) is -0.390. The Labute approximate surface area is 171 Å². The summed E-state index contributed by atoms with van der Waals surface area (Å²) in [5.41, 5.74) is 5.55. The van der Waals surface area contributed by atoms with Gasteiger partial charge in [0.15, 0.2) is 0 Å². The number of nitrogens with zero attached hydrogens (tertiary/aromatic N) is 4. The number of carbonyl (C=O) groups is 1. The predicted molar refractivity (Wildman–Crippen MR) is 112 cm³/mol. The van der Waals surface area contributed by atoms with Gasteiger partial charge in [-0.2, -0.15) is 0 Å². The minimum Gasteiger partial charge on any atom is -0.348 e. The third kappa shape index (κ3) is 3.93. The zero-order chi connectivity index (χ0) is 20.4. The van der Waals surface area contributed by atoms with E-state index in [-0.39, 0.29) is 17.7 Å². The van der Waals surface area contributed by atoms with E-state index in [1.807, 2.05) is 25.1 Å². The molecule has 3 heterocycles. The minimum atomic E-state index is -0.390. The highest BCUT2D eigenvalue weighted by Gasteiger charge is 2.16. The quantitative estimate of drug-likeness (QED) is 0.551. The Hall–Kier alpha value is -3.39. The first kappa shape index (κ1) is 18.9. The summed E-state index contributed by atoms with van der Waals surface area (Å²) < 4.78 is 2.51. The number of pyridine rings is 1. The molecule has 3 aromatic heterocycles. The highest BCUT2D eigenvalue weighted by atomic mass is 32.1. The minimum absolute atomic E-state index is 0.143. The van der Waals surface area contributed by atoms with Crippen molar-refractivity contribution in [3.05, 3.63) is 86.8 Å². The van der Waals surface area contributed by atoms with Gasteiger partial charge in [-0.25, -0.2) is 4.98 Å². The van der Waals surface area contributed by atoms with Gasteiger partial charge >= 0.3 is 0 Å². The second-order valence-electron chi connectivity index (χ2n) is 6.76. The second-order valence-corrected chi connectivity index (χ2v) is 7.61. The normalized spacial score (nSPS) is 11.0. The molecule has 0 atom stereocenters. The van der Waals surface area contributed by atoms with Crippen LogP contribution in [-0.2, 0) is 13.1 Å². The first-order valence-corrected chi connectivity index (χ1v) is 9.98. The average molecular weight is 405 g/mol. The van der Waals surface area contributed by atoms with Gasteiger partial charge in [0.05, 0.1) is 39.9 Å². The number of carbonyl (C=O) groups excluding carboxylic acids is 1. The molecule has 0 radical (unpaired) electrons. The number of benzene rings is 1. The molecule has 0 bridgehead atoms. The van der Waals surface area contributed by atoms with Crippen LogP contribution in [0.15, 0.2) is 53.2 Å². The molecule has 7 nitrogen and oxygen atoms in total. The Kier molecular flexibility index (Phi) is 5.18. The second kappa shape index (κ2) is 7.92. The summed E-state index contributed by atoms with van der Waals surface area (Å²) in [6.07, 6.45) is 4.97. The van der Waals surface area contributed by atoms with E-state index in [2.05, 4.69) is 20.3 Å².